The maximum Gasteiger partial charge on any atom is 0.0807 e. The van der Waals surface area contributed by atoms with Crippen LogP contribution in [0.5, 0.6) is 0 Å². The van der Waals surface area contributed by atoms with Crippen LogP contribution in [0.25, 0.3) is 0 Å². The second-order valence-corrected chi connectivity index (χ2v) is 3.60. The lowest BCUT2D eigenvalue weighted by Gasteiger charge is -2.19. The van der Waals surface area contributed by atoms with E-state index in [1.165, 1.54) is 0 Å². The molecule has 0 aromatic carbocycles. The molecular weight excluding hydrogens is 168 g/mol. The zero-order chi connectivity index (χ0) is 10.3. The summed E-state index contributed by atoms with van der Waals surface area (Å²) in [5.74, 6) is 0. The maximum absolute atomic E-state index is 9.56. The van der Waals surface area contributed by atoms with Crippen molar-refractivity contribution in [1.82, 2.24) is 0 Å². The highest BCUT2D eigenvalue weighted by atomic mass is 16.5. The number of aliphatic hydroxyl groups is 2. The van der Waals surface area contributed by atoms with Crippen molar-refractivity contribution < 1.29 is 14.9 Å². The van der Waals surface area contributed by atoms with Crippen LogP contribution >= 0.6 is 0 Å². The van der Waals surface area contributed by atoms with E-state index in [-0.39, 0.29) is 6.10 Å². The fourth-order valence-corrected chi connectivity index (χ4v) is 1.05. The van der Waals surface area contributed by atoms with Crippen LogP contribution in [-0.2, 0) is 4.74 Å². The van der Waals surface area contributed by atoms with E-state index in [9.17, 15) is 5.11 Å². The summed E-state index contributed by atoms with van der Waals surface area (Å²) in [6.45, 7) is 5.90. The molecule has 0 aromatic rings. The molecule has 0 aromatic heterocycles. The van der Waals surface area contributed by atoms with Gasteiger partial charge in [-0.15, -0.1) is 0 Å². The summed E-state index contributed by atoms with van der Waals surface area (Å²) in [6.07, 6.45) is 1.84. The molecule has 0 rings (SSSR count). The minimum absolute atomic E-state index is 0.179. The molecule has 3 heteroatoms. The first kappa shape index (κ1) is 12.9. The molecule has 0 bridgehead atoms. The summed E-state index contributed by atoms with van der Waals surface area (Å²) in [5, 5.41) is 18.5. The molecule has 80 valence electrons. The molecular formula is C10H22O3. The number of hydrogen-bond donors (Lipinski definition) is 2. The van der Waals surface area contributed by atoms with Crippen LogP contribution in [0.1, 0.15) is 40.0 Å². The molecule has 3 unspecified atom stereocenters. The number of hydrogen-bond acceptors (Lipinski definition) is 3. The standard InChI is InChI=1S/C10H22O3/c1-4-5-6-10(12)9(3)13-7-8(2)11/h8-12H,4-7H2,1-3H3. The normalized spacial score (nSPS) is 18.2. The van der Waals surface area contributed by atoms with E-state index in [0.29, 0.717) is 6.61 Å². The van der Waals surface area contributed by atoms with Gasteiger partial charge in [0.1, 0.15) is 0 Å². The van der Waals surface area contributed by atoms with Crippen molar-refractivity contribution in [2.45, 2.75) is 58.3 Å². The Morgan fingerprint density at radius 1 is 1.23 bits per heavy atom. The molecule has 0 fully saturated rings. The number of unbranched alkanes of at least 4 members (excludes halogenated alkanes) is 1. The van der Waals surface area contributed by atoms with Crippen LogP contribution in [0.2, 0.25) is 0 Å². The first-order valence-electron chi connectivity index (χ1n) is 5.05. The highest BCUT2D eigenvalue weighted by molar-refractivity contribution is 4.64. The average molecular weight is 190 g/mol. The molecule has 0 aliphatic rings. The fourth-order valence-electron chi connectivity index (χ4n) is 1.05. The van der Waals surface area contributed by atoms with Crippen molar-refractivity contribution >= 4 is 0 Å². The van der Waals surface area contributed by atoms with Crippen LogP contribution in [0, 0.1) is 0 Å². The zero-order valence-electron chi connectivity index (χ0n) is 8.86. The van der Waals surface area contributed by atoms with Crippen molar-refractivity contribution in [2.24, 2.45) is 0 Å². The molecule has 0 amide bonds. The maximum atomic E-state index is 9.56. The Morgan fingerprint density at radius 3 is 2.31 bits per heavy atom. The Balaban J connectivity index is 3.50. The van der Waals surface area contributed by atoms with Gasteiger partial charge in [-0.25, -0.2) is 0 Å². The fraction of sp³-hybridized carbons (Fsp3) is 1.00. The quantitative estimate of drug-likeness (QED) is 0.636. The highest BCUT2D eigenvalue weighted by Crippen LogP contribution is 2.07. The van der Waals surface area contributed by atoms with Gasteiger partial charge in [-0.2, -0.15) is 0 Å². The zero-order valence-corrected chi connectivity index (χ0v) is 8.86. The van der Waals surface area contributed by atoms with Crippen LogP contribution < -0.4 is 0 Å². The lowest BCUT2D eigenvalue weighted by molar-refractivity contribution is -0.0565. The first-order valence-corrected chi connectivity index (χ1v) is 5.05. The van der Waals surface area contributed by atoms with Crippen molar-refractivity contribution in [2.75, 3.05) is 6.61 Å². The van der Waals surface area contributed by atoms with Crippen molar-refractivity contribution in [3.63, 3.8) is 0 Å². The van der Waals surface area contributed by atoms with Gasteiger partial charge in [0.25, 0.3) is 0 Å². The van der Waals surface area contributed by atoms with E-state index in [0.717, 1.165) is 19.3 Å². The monoisotopic (exact) mass is 190 g/mol. The molecule has 0 heterocycles. The summed E-state index contributed by atoms with van der Waals surface area (Å²) in [4.78, 5) is 0. The lowest BCUT2D eigenvalue weighted by Crippen LogP contribution is -2.28. The Kier molecular flexibility index (Phi) is 7.23. The molecule has 0 aliphatic heterocycles. The molecule has 0 saturated carbocycles. The molecule has 3 nitrogen and oxygen atoms in total. The number of ether oxygens (including phenoxy) is 1. The molecule has 2 N–H and O–H groups in total. The smallest absolute Gasteiger partial charge is 0.0807 e. The minimum Gasteiger partial charge on any atom is -0.391 e. The van der Waals surface area contributed by atoms with Crippen LogP contribution in [-0.4, -0.2) is 35.1 Å². The summed E-state index contributed by atoms with van der Waals surface area (Å²) in [5.41, 5.74) is 0. The van der Waals surface area contributed by atoms with Gasteiger partial charge in [-0.05, 0) is 20.3 Å². The lowest BCUT2D eigenvalue weighted by atomic mass is 10.1. The summed E-state index contributed by atoms with van der Waals surface area (Å²) >= 11 is 0. The SMILES string of the molecule is CCCCC(O)C(C)OCC(C)O. The third-order valence-electron chi connectivity index (χ3n) is 2.00. The molecule has 0 spiro atoms. The first-order chi connectivity index (χ1) is 6.07. The Bertz CT molecular complexity index is 115. The molecule has 13 heavy (non-hydrogen) atoms. The van der Waals surface area contributed by atoms with Gasteiger partial charge in [0, 0.05) is 0 Å². The number of aliphatic hydroxyl groups excluding tert-OH is 2. The van der Waals surface area contributed by atoms with Gasteiger partial charge >= 0.3 is 0 Å². The van der Waals surface area contributed by atoms with Gasteiger partial charge in [-0.3, -0.25) is 0 Å². The van der Waals surface area contributed by atoms with Gasteiger partial charge < -0.3 is 14.9 Å². The van der Waals surface area contributed by atoms with Crippen molar-refractivity contribution in [3.05, 3.63) is 0 Å². The predicted molar refractivity (Wildman–Crippen MR) is 52.6 cm³/mol. The summed E-state index contributed by atoms with van der Waals surface area (Å²) in [6, 6.07) is 0. The van der Waals surface area contributed by atoms with E-state index < -0.39 is 12.2 Å². The van der Waals surface area contributed by atoms with Crippen molar-refractivity contribution in [3.8, 4) is 0 Å². The Labute approximate surface area is 80.7 Å². The highest BCUT2D eigenvalue weighted by Gasteiger charge is 2.14. The predicted octanol–water partition coefficient (Wildman–Crippen LogP) is 1.32. The van der Waals surface area contributed by atoms with E-state index in [1.54, 1.807) is 6.92 Å². The van der Waals surface area contributed by atoms with Crippen LogP contribution in [0.4, 0.5) is 0 Å². The van der Waals surface area contributed by atoms with Gasteiger partial charge in [0.05, 0.1) is 24.9 Å². The van der Waals surface area contributed by atoms with E-state index in [2.05, 4.69) is 6.92 Å². The summed E-state index contributed by atoms with van der Waals surface area (Å²) < 4.78 is 5.26. The minimum atomic E-state index is -0.458. The Morgan fingerprint density at radius 2 is 1.85 bits per heavy atom. The number of rotatable bonds is 7. The van der Waals surface area contributed by atoms with Gasteiger partial charge in [0.15, 0.2) is 0 Å². The van der Waals surface area contributed by atoms with E-state index in [1.807, 2.05) is 6.92 Å². The topological polar surface area (TPSA) is 49.7 Å². The molecule has 0 saturated heterocycles. The second kappa shape index (κ2) is 7.30. The van der Waals surface area contributed by atoms with Crippen LogP contribution in [0.3, 0.4) is 0 Å². The molecule has 0 radical (unpaired) electrons. The average Bonchev–Trinajstić information content (AvgIpc) is 2.10. The third kappa shape index (κ3) is 6.99. The Hall–Kier alpha value is -0.120. The second-order valence-electron chi connectivity index (χ2n) is 3.60. The van der Waals surface area contributed by atoms with Crippen molar-refractivity contribution in [1.29, 1.82) is 0 Å². The van der Waals surface area contributed by atoms with E-state index in [4.69, 9.17) is 9.84 Å². The van der Waals surface area contributed by atoms with Crippen LogP contribution in [0.15, 0.2) is 0 Å². The largest absolute Gasteiger partial charge is 0.391 e. The molecule has 0 aliphatic carbocycles. The third-order valence-corrected chi connectivity index (χ3v) is 2.00. The van der Waals surface area contributed by atoms with E-state index >= 15 is 0 Å². The summed E-state index contributed by atoms with van der Waals surface area (Å²) in [7, 11) is 0. The van der Waals surface area contributed by atoms with Gasteiger partial charge in [-0.1, -0.05) is 19.8 Å². The molecule has 3 atom stereocenters. The van der Waals surface area contributed by atoms with Gasteiger partial charge in [0.2, 0.25) is 0 Å².